The summed E-state index contributed by atoms with van der Waals surface area (Å²) in [6, 6.07) is 16.4. The number of hydrogen-bond donors (Lipinski definition) is 0. The fraction of sp³-hybridized carbons (Fsp3) is 0.321. The Balaban J connectivity index is 1.16. The maximum atomic E-state index is 13.1. The highest BCUT2D eigenvalue weighted by molar-refractivity contribution is 5.98. The highest BCUT2D eigenvalue weighted by atomic mass is 19.4. The highest BCUT2D eigenvalue weighted by Crippen LogP contribution is 2.29. The van der Waals surface area contributed by atoms with Gasteiger partial charge in [0.2, 0.25) is 0 Å². The topological polar surface area (TPSA) is 61.7 Å². The van der Waals surface area contributed by atoms with Crippen molar-refractivity contribution in [1.29, 1.82) is 0 Å². The molecule has 1 saturated heterocycles. The molecule has 0 atom stereocenters. The van der Waals surface area contributed by atoms with Crippen molar-refractivity contribution in [1.82, 2.24) is 24.5 Å². The van der Waals surface area contributed by atoms with Gasteiger partial charge in [-0.3, -0.25) is 19.2 Å². The Bertz CT molecular complexity index is 1310. The Hall–Kier alpha value is -3.92. The van der Waals surface area contributed by atoms with Crippen LogP contribution in [-0.2, 0) is 19.3 Å². The lowest BCUT2D eigenvalue weighted by atomic mass is 10.1. The number of amides is 2. The van der Waals surface area contributed by atoms with Gasteiger partial charge in [-0.15, -0.1) is 0 Å². The smallest absolute Gasteiger partial charge is 0.335 e. The van der Waals surface area contributed by atoms with Crippen LogP contribution in [0.4, 0.5) is 13.2 Å². The first-order valence-electron chi connectivity index (χ1n) is 12.5. The van der Waals surface area contributed by atoms with Crippen LogP contribution < -0.4 is 0 Å². The second-order valence-corrected chi connectivity index (χ2v) is 9.47. The average Bonchev–Trinajstić information content (AvgIpc) is 3.36. The molecule has 2 aliphatic heterocycles. The summed E-state index contributed by atoms with van der Waals surface area (Å²) < 4.78 is 40.0. The average molecular weight is 524 g/mol. The monoisotopic (exact) mass is 523 g/mol. The van der Waals surface area contributed by atoms with Crippen molar-refractivity contribution in [3.63, 3.8) is 0 Å². The van der Waals surface area contributed by atoms with E-state index in [2.05, 4.69) is 34.3 Å². The van der Waals surface area contributed by atoms with E-state index in [0.717, 1.165) is 37.3 Å². The Kier molecular flexibility index (Phi) is 7.33. The number of benzene rings is 2. The minimum atomic E-state index is -4.40. The molecule has 10 heteroatoms. The largest absolute Gasteiger partial charge is 0.416 e. The number of rotatable bonds is 6. The summed E-state index contributed by atoms with van der Waals surface area (Å²) in [5.74, 6) is -0.494. The van der Waals surface area contributed by atoms with Crippen LogP contribution in [0.3, 0.4) is 0 Å². The molecule has 5 rings (SSSR count). The van der Waals surface area contributed by atoms with Crippen molar-refractivity contribution in [2.75, 3.05) is 39.3 Å². The number of halogens is 3. The quantitative estimate of drug-likeness (QED) is 0.490. The maximum absolute atomic E-state index is 13.1. The van der Waals surface area contributed by atoms with E-state index in [1.165, 1.54) is 18.2 Å². The van der Waals surface area contributed by atoms with Crippen LogP contribution in [0.5, 0.6) is 0 Å². The molecular formula is C28H28F3N5O2. The molecule has 2 amide bonds. The predicted octanol–water partition coefficient (Wildman–Crippen LogP) is 4.03. The van der Waals surface area contributed by atoms with E-state index in [9.17, 15) is 22.8 Å². The molecule has 1 fully saturated rings. The molecule has 38 heavy (non-hydrogen) atoms. The molecule has 3 heterocycles. The maximum Gasteiger partial charge on any atom is 0.416 e. The van der Waals surface area contributed by atoms with Gasteiger partial charge in [0.05, 0.1) is 12.1 Å². The number of fused-ring (bicyclic) bond motifs is 1. The molecule has 2 aliphatic rings. The Morgan fingerprint density at radius 1 is 0.921 bits per heavy atom. The third-order valence-corrected chi connectivity index (χ3v) is 6.87. The first-order valence-corrected chi connectivity index (χ1v) is 12.5. The SMILES string of the molecule is O=C(c1cc2n(n1)CCN(Cc1ccc(C(F)(F)F)cc1)C2=O)N1CCN(C/C=C/c2ccccc2)CC1. The van der Waals surface area contributed by atoms with Crippen LogP contribution in [0.25, 0.3) is 6.08 Å². The summed E-state index contributed by atoms with van der Waals surface area (Å²) in [6.07, 6.45) is -0.190. The summed E-state index contributed by atoms with van der Waals surface area (Å²) >= 11 is 0. The van der Waals surface area contributed by atoms with Crippen LogP contribution in [0.1, 0.15) is 37.7 Å². The number of carbonyl (C=O) groups is 2. The standard InChI is InChI=1S/C28H28F3N5O2/c29-28(30,31)23-10-8-22(9-11-23)20-35-17-18-36-25(27(35)38)19-24(32-36)26(37)34-15-13-33(14-16-34)12-4-7-21-5-2-1-3-6-21/h1-11,19H,12-18,20H2/b7-4+. The summed E-state index contributed by atoms with van der Waals surface area (Å²) in [6.45, 7) is 4.41. The summed E-state index contributed by atoms with van der Waals surface area (Å²) in [5, 5.41) is 4.39. The van der Waals surface area contributed by atoms with E-state index in [4.69, 9.17) is 0 Å². The molecule has 0 spiro atoms. The predicted molar refractivity (Wildman–Crippen MR) is 136 cm³/mol. The van der Waals surface area contributed by atoms with Gasteiger partial charge in [-0.1, -0.05) is 54.6 Å². The first-order chi connectivity index (χ1) is 18.3. The molecule has 0 radical (unpaired) electrons. The number of piperazine rings is 1. The molecule has 0 saturated carbocycles. The number of alkyl halides is 3. The summed E-state index contributed by atoms with van der Waals surface area (Å²) in [4.78, 5) is 31.8. The molecule has 0 bridgehead atoms. The second-order valence-electron chi connectivity index (χ2n) is 9.47. The lowest BCUT2D eigenvalue weighted by Crippen LogP contribution is -2.48. The van der Waals surface area contributed by atoms with Gasteiger partial charge in [-0.2, -0.15) is 18.3 Å². The molecule has 0 aliphatic carbocycles. The molecule has 0 unspecified atom stereocenters. The van der Waals surface area contributed by atoms with Crippen LogP contribution in [-0.4, -0.2) is 75.6 Å². The molecule has 1 aromatic heterocycles. The van der Waals surface area contributed by atoms with Crippen LogP contribution >= 0.6 is 0 Å². The number of nitrogens with zero attached hydrogens (tertiary/aromatic N) is 5. The molecule has 0 N–H and O–H groups in total. The van der Waals surface area contributed by atoms with Crippen molar-refractivity contribution in [2.24, 2.45) is 0 Å². The van der Waals surface area contributed by atoms with Gasteiger partial charge in [0, 0.05) is 51.9 Å². The Labute approximate surface area is 218 Å². The first kappa shape index (κ1) is 25.7. The zero-order chi connectivity index (χ0) is 26.7. The number of aromatic nitrogens is 2. The van der Waals surface area contributed by atoms with E-state index < -0.39 is 11.7 Å². The van der Waals surface area contributed by atoms with Crippen molar-refractivity contribution < 1.29 is 22.8 Å². The van der Waals surface area contributed by atoms with Crippen molar-refractivity contribution in [2.45, 2.75) is 19.3 Å². The number of carbonyl (C=O) groups excluding carboxylic acids is 2. The lowest BCUT2D eigenvalue weighted by molar-refractivity contribution is -0.137. The van der Waals surface area contributed by atoms with Gasteiger partial charge >= 0.3 is 6.18 Å². The van der Waals surface area contributed by atoms with Gasteiger partial charge in [-0.25, -0.2) is 0 Å². The summed E-state index contributed by atoms with van der Waals surface area (Å²) in [7, 11) is 0. The lowest BCUT2D eigenvalue weighted by Gasteiger charge is -2.33. The highest BCUT2D eigenvalue weighted by Gasteiger charge is 2.32. The third-order valence-electron chi connectivity index (χ3n) is 6.87. The third kappa shape index (κ3) is 5.80. The van der Waals surface area contributed by atoms with Gasteiger partial charge < -0.3 is 9.80 Å². The van der Waals surface area contributed by atoms with Crippen molar-refractivity contribution in [3.05, 3.63) is 94.8 Å². The molecule has 7 nitrogen and oxygen atoms in total. The number of hydrogen-bond acceptors (Lipinski definition) is 4. The van der Waals surface area contributed by atoms with E-state index in [1.807, 2.05) is 18.2 Å². The van der Waals surface area contributed by atoms with E-state index >= 15 is 0 Å². The molecule has 3 aromatic rings. The van der Waals surface area contributed by atoms with Crippen LogP contribution in [0.2, 0.25) is 0 Å². The fourth-order valence-corrected chi connectivity index (χ4v) is 4.71. The normalized spacial score (nSPS) is 16.8. The zero-order valence-electron chi connectivity index (χ0n) is 20.8. The van der Waals surface area contributed by atoms with Crippen molar-refractivity contribution in [3.8, 4) is 0 Å². The van der Waals surface area contributed by atoms with Gasteiger partial charge in [0.1, 0.15) is 5.69 Å². The minimum absolute atomic E-state index is 0.187. The molecule has 198 valence electrons. The van der Waals surface area contributed by atoms with E-state index in [0.29, 0.717) is 37.4 Å². The Morgan fingerprint density at radius 2 is 1.63 bits per heavy atom. The molecule has 2 aromatic carbocycles. The van der Waals surface area contributed by atoms with Gasteiger partial charge in [0.25, 0.3) is 11.8 Å². The van der Waals surface area contributed by atoms with E-state index in [1.54, 1.807) is 14.5 Å². The van der Waals surface area contributed by atoms with Gasteiger partial charge in [-0.05, 0) is 23.3 Å². The molecular weight excluding hydrogens is 495 g/mol. The Morgan fingerprint density at radius 3 is 2.32 bits per heavy atom. The van der Waals surface area contributed by atoms with Crippen LogP contribution in [0, 0.1) is 0 Å². The van der Waals surface area contributed by atoms with E-state index in [-0.39, 0.29) is 24.1 Å². The zero-order valence-corrected chi connectivity index (χ0v) is 20.8. The second kappa shape index (κ2) is 10.8. The minimum Gasteiger partial charge on any atom is -0.335 e. The van der Waals surface area contributed by atoms with Crippen molar-refractivity contribution >= 4 is 17.9 Å². The van der Waals surface area contributed by atoms with Crippen LogP contribution in [0.15, 0.2) is 66.7 Å². The van der Waals surface area contributed by atoms with Gasteiger partial charge in [0.15, 0.2) is 5.69 Å². The summed E-state index contributed by atoms with van der Waals surface area (Å²) in [5.41, 5.74) is 1.58. The fourth-order valence-electron chi connectivity index (χ4n) is 4.71.